The highest BCUT2D eigenvalue weighted by molar-refractivity contribution is 5.95. The zero-order chi connectivity index (χ0) is 16.1. The molecule has 2 atom stereocenters. The first-order valence-corrected chi connectivity index (χ1v) is 8.15. The minimum absolute atomic E-state index is 0.0947. The fourth-order valence-corrected chi connectivity index (χ4v) is 3.99. The van der Waals surface area contributed by atoms with Gasteiger partial charge in [-0.05, 0) is 38.2 Å². The molecule has 0 spiro atoms. The number of rotatable bonds is 1. The molecule has 1 aliphatic heterocycles. The summed E-state index contributed by atoms with van der Waals surface area (Å²) in [5.41, 5.74) is 3.92. The van der Waals surface area contributed by atoms with E-state index in [1.165, 1.54) is 5.56 Å². The summed E-state index contributed by atoms with van der Waals surface area (Å²) in [6.07, 6.45) is 5.91. The van der Waals surface area contributed by atoms with Gasteiger partial charge in [0.25, 0.3) is 5.91 Å². The average molecular weight is 311 g/mol. The zero-order valence-electron chi connectivity index (χ0n) is 13.8. The van der Waals surface area contributed by atoms with E-state index < -0.39 is 0 Å². The van der Waals surface area contributed by atoms with E-state index >= 15 is 0 Å². The molecule has 0 saturated carbocycles. The van der Waals surface area contributed by atoms with Gasteiger partial charge in [0.2, 0.25) is 0 Å². The first-order valence-electron chi connectivity index (χ1n) is 8.15. The van der Waals surface area contributed by atoms with Crippen LogP contribution in [0.2, 0.25) is 0 Å². The third kappa shape index (κ3) is 2.33. The fourth-order valence-electron chi connectivity index (χ4n) is 3.99. The molecule has 4 rings (SSSR count). The SMILES string of the molecule is Cc1ncc2c(n1)[C@H]1CN(C(=O)c3cn(C)nc3C)C[C@H]1CC2. The summed E-state index contributed by atoms with van der Waals surface area (Å²) >= 11 is 0. The Kier molecular flexibility index (Phi) is 3.21. The lowest BCUT2D eigenvalue weighted by Crippen LogP contribution is -2.29. The highest BCUT2D eigenvalue weighted by Gasteiger charge is 2.41. The molecule has 6 heteroatoms. The molecule has 0 radical (unpaired) electrons. The van der Waals surface area contributed by atoms with Gasteiger partial charge in [-0.15, -0.1) is 0 Å². The van der Waals surface area contributed by atoms with Crippen molar-refractivity contribution in [2.75, 3.05) is 13.1 Å². The maximum atomic E-state index is 12.8. The Morgan fingerprint density at radius 2 is 2.13 bits per heavy atom. The van der Waals surface area contributed by atoms with E-state index in [1.807, 2.05) is 38.2 Å². The Hall–Kier alpha value is -2.24. The number of hydrogen-bond donors (Lipinski definition) is 0. The van der Waals surface area contributed by atoms with Crippen LogP contribution < -0.4 is 0 Å². The van der Waals surface area contributed by atoms with E-state index in [2.05, 4.69) is 15.1 Å². The summed E-state index contributed by atoms with van der Waals surface area (Å²) < 4.78 is 1.71. The minimum Gasteiger partial charge on any atom is -0.338 e. The molecule has 0 N–H and O–H groups in total. The second-order valence-corrected chi connectivity index (χ2v) is 6.74. The van der Waals surface area contributed by atoms with Crippen LogP contribution in [-0.4, -0.2) is 43.6 Å². The van der Waals surface area contributed by atoms with Crippen molar-refractivity contribution in [1.29, 1.82) is 0 Å². The number of nitrogens with zero attached hydrogens (tertiary/aromatic N) is 5. The molecule has 2 aliphatic rings. The van der Waals surface area contributed by atoms with Crippen LogP contribution in [0, 0.1) is 19.8 Å². The molecule has 1 fully saturated rings. The molecular formula is C17H21N5O. The molecule has 3 heterocycles. The molecule has 0 unspecified atom stereocenters. The number of aromatic nitrogens is 4. The van der Waals surface area contributed by atoms with Gasteiger partial charge < -0.3 is 4.90 Å². The number of hydrogen-bond acceptors (Lipinski definition) is 4. The van der Waals surface area contributed by atoms with Gasteiger partial charge in [-0.1, -0.05) is 0 Å². The van der Waals surface area contributed by atoms with Crippen molar-refractivity contribution in [3.8, 4) is 0 Å². The molecule has 120 valence electrons. The van der Waals surface area contributed by atoms with E-state index in [9.17, 15) is 4.79 Å². The van der Waals surface area contributed by atoms with Crippen molar-refractivity contribution in [1.82, 2.24) is 24.6 Å². The molecule has 6 nitrogen and oxygen atoms in total. The molecule has 1 aliphatic carbocycles. The first kappa shape index (κ1) is 14.4. The van der Waals surface area contributed by atoms with E-state index in [0.29, 0.717) is 17.4 Å². The first-order chi connectivity index (χ1) is 11.0. The van der Waals surface area contributed by atoms with Gasteiger partial charge >= 0.3 is 0 Å². The summed E-state index contributed by atoms with van der Waals surface area (Å²) in [5, 5.41) is 4.29. The van der Waals surface area contributed by atoms with Crippen molar-refractivity contribution in [3.05, 3.63) is 40.7 Å². The monoisotopic (exact) mass is 311 g/mol. The quantitative estimate of drug-likeness (QED) is 0.803. The molecule has 2 aromatic rings. The van der Waals surface area contributed by atoms with Crippen molar-refractivity contribution in [2.24, 2.45) is 13.0 Å². The highest BCUT2D eigenvalue weighted by Crippen LogP contribution is 2.40. The smallest absolute Gasteiger partial charge is 0.257 e. The fraction of sp³-hybridized carbons (Fsp3) is 0.529. The van der Waals surface area contributed by atoms with Crippen LogP contribution in [0.5, 0.6) is 0 Å². The van der Waals surface area contributed by atoms with Gasteiger partial charge in [0.15, 0.2) is 0 Å². The Balaban J connectivity index is 1.62. The molecule has 1 amide bonds. The van der Waals surface area contributed by atoms with E-state index in [0.717, 1.165) is 43.1 Å². The molecule has 1 saturated heterocycles. The number of aryl methyl sites for hydroxylation is 4. The van der Waals surface area contributed by atoms with Crippen LogP contribution in [0.3, 0.4) is 0 Å². The predicted octanol–water partition coefficient (Wildman–Crippen LogP) is 1.63. The summed E-state index contributed by atoms with van der Waals surface area (Å²) in [4.78, 5) is 23.8. The number of fused-ring (bicyclic) bond motifs is 3. The standard InChI is InChI=1S/C17H21N5O/c1-10-14(8-21(3)20-10)17(23)22-7-13-5-4-12-6-18-11(2)19-16(12)15(13)9-22/h6,8,13,15H,4-5,7,9H2,1-3H3/t13-,15+/m1/s1. The van der Waals surface area contributed by atoms with Gasteiger partial charge in [-0.25, -0.2) is 9.97 Å². The Morgan fingerprint density at radius 3 is 2.87 bits per heavy atom. The normalized spacial score (nSPS) is 22.8. The third-order valence-electron chi connectivity index (χ3n) is 5.13. The van der Waals surface area contributed by atoms with Gasteiger partial charge in [0.05, 0.1) is 17.0 Å². The average Bonchev–Trinajstić information content (AvgIpc) is 3.09. The third-order valence-corrected chi connectivity index (χ3v) is 5.13. The zero-order valence-corrected chi connectivity index (χ0v) is 13.8. The number of carbonyl (C=O) groups is 1. The van der Waals surface area contributed by atoms with Crippen molar-refractivity contribution >= 4 is 5.91 Å². The number of amides is 1. The number of likely N-dealkylation sites (tertiary alicyclic amines) is 1. The van der Waals surface area contributed by atoms with Crippen LogP contribution in [0.1, 0.15) is 45.5 Å². The van der Waals surface area contributed by atoms with Gasteiger partial charge in [-0.2, -0.15) is 5.10 Å². The molecule has 0 aromatic carbocycles. The largest absolute Gasteiger partial charge is 0.338 e. The Bertz CT molecular complexity index is 781. The maximum Gasteiger partial charge on any atom is 0.257 e. The van der Waals surface area contributed by atoms with Crippen LogP contribution in [0.4, 0.5) is 0 Å². The minimum atomic E-state index is 0.0947. The summed E-state index contributed by atoms with van der Waals surface area (Å²) in [5.74, 6) is 1.77. The second kappa shape index (κ2) is 5.15. The maximum absolute atomic E-state index is 12.8. The van der Waals surface area contributed by atoms with Gasteiger partial charge in [-0.3, -0.25) is 9.48 Å². The van der Waals surface area contributed by atoms with Crippen LogP contribution in [0.25, 0.3) is 0 Å². The predicted molar refractivity (Wildman–Crippen MR) is 85.2 cm³/mol. The highest BCUT2D eigenvalue weighted by atomic mass is 16.2. The summed E-state index contributed by atoms with van der Waals surface area (Å²) in [7, 11) is 1.85. The lowest BCUT2D eigenvalue weighted by atomic mass is 9.80. The van der Waals surface area contributed by atoms with Crippen LogP contribution >= 0.6 is 0 Å². The summed E-state index contributed by atoms with van der Waals surface area (Å²) in [6, 6.07) is 0. The van der Waals surface area contributed by atoms with E-state index in [1.54, 1.807) is 4.68 Å². The molecule has 23 heavy (non-hydrogen) atoms. The van der Waals surface area contributed by atoms with Crippen LogP contribution in [-0.2, 0) is 13.5 Å². The Labute approximate surface area is 135 Å². The van der Waals surface area contributed by atoms with Crippen molar-refractivity contribution in [2.45, 2.75) is 32.6 Å². The topological polar surface area (TPSA) is 63.9 Å². The van der Waals surface area contributed by atoms with Crippen molar-refractivity contribution < 1.29 is 4.79 Å². The number of carbonyl (C=O) groups excluding carboxylic acids is 1. The van der Waals surface area contributed by atoms with Crippen LogP contribution in [0.15, 0.2) is 12.4 Å². The van der Waals surface area contributed by atoms with E-state index in [4.69, 9.17) is 0 Å². The molecule has 2 aromatic heterocycles. The van der Waals surface area contributed by atoms with Crippen molar-refractivity contribution in [3.63, 3.8) is 0 Å². The molecular weight excluding hydrogens is 290 g/mol. The molecule has 0 bridgehead atoms. The van der Waals surface area contributed by atoms with Gasteiger partial charge in [0, 0.05) is 38.4 Å². The Morgan fingerprint density at radius 1 is 1.30 bits per heavy atom. The summed E-state index contributed by atoms with van der Waals surface area (Å²) in [6.45, 7) is 5.39. The van der Waals surface area contributed by atoms with E-state index in [-0.39, 0.29) is 5.91 Å². The second-order valence-electron chi connectivity index (χ2n) is 6.74. The lowest BCUT2D eigenvalue weighted by molar-refractivity contribution is 0.0785. The lowest BCUT2D eigenvalue weighted by Gasteiger charge is -2.25. The van der Waals surface area contributed by atoms with Gasteiger partial charge in [0.1, 0.15) is 5.82 Å².